The molecule has 106 valence electrons. The SMILES string of the molecule is CC(C)c1c(Cl)ncnc1NC1CCC(CO)CC1. The molecule has 0 radical (unpaired) electrons. The average molecular weight is 284 g/mol. The predicted molar refractivity (Wildman–Crippen MR) is 77.6 cm³/mol. The summed E-state index contributed by atoms with van der Waals surface area (Å²) in [5, 5.41) is 13.2. The van der Waals surface area contributed by atoms with E-state index in [0.29, 0.717) is 29.6 Å². The molecule has 1 aliphatic rings. The Kier molecular flexibility index (Phi) is 4.99. The minimum absolute atomic E-state index is 0.296. The van der Waals surface area contributed by atoms with E-state index in [9.17, 15) is 0 Å². The molecule has 0 amide bonds. The highest BCUT2D eigenvalue weighted by Crippen LogP contribution is 2.31. The van der Waals surface area contributed by atoms with Crippen LogP contribution in [0.25, 0.3) is 0 Å². The molecule has 1 fully saturated rings. The van der Waals surface area contributed by atoms with Crippen LogP contribution in [0, 0.1) is 5.92 Å². The first-order chi connectivity index (χ1) is 9.11. The zero-order valence-electron chi connectivity index (χ0n) is 11.6. The van der Waals surface area contributed by atoms with E-state index < -0.39 is 0 Å². The Morgan fingerprint density at radius 1 is 1.32 bits per heavy atom. The minimum Gasteiger partial charge on any atom is -0.396 e. The Morgan fingerprint density at radius 3 is 2.58 bits per heavy atom. The van der Waals surface area contributed by atoms with Crippen molar-refractivity contribution in [3.8, 4) is 0 Å². The number of hydrogen-bond donors (Lipinski definition) is 2. The maximum Gasteiger partial charge on any atom is 0.138 e. The fourth-order valence-corrected chi connectivity index (χ4v) is 3.03. The van der Waals surface area contributed by atoms with Crippen LogP contribution in [0.2, 0.25) is 5.15 Å². The molecular formula is C14H22ClN3O. The van der Waals surface area contributed by atoms with E-state index >= 15 is 0 Å². The number of nitrogens with zero attached hydrogens (tertiary/aromatic N) is 2. The third-order valence-corrected chi connectivity index (χ3v) is 4.16. The molecule has 5 heteroatoms. The summed E-state index contributed by atoms with van der Waals surface area (Å²) in [6.45, 7) is 4.50. The molecule has 4 nitrogen and oxygen atoms in total. The van der Waals surface area contributed by atoms with Gasteiger partial charge in [0.1, 0.15) is 17.3 Å². The number of aliphatic hydroxyl groups is 1. The fraction of sp³-hybridized carbons (Fsp3) is 0.714. The van der Waals surface area contributed by atoms with Crippen LogP contribution in [-0.2, 0) is 0 Å². The summed E-state index contributed by atoms with van der Waals surface area (Å²) in [4.78, 5) is 8.40. The lowest BCUT2D eigenvalue weighted by molar-refractivity contribution is 0.185. The molecule has 0 aromatic carbocycles. The van der Waals surface area contributed by atoms with Gasteiger partial charge in [-0.05, 0) is 37.5 Å². The van der Waals surface area contributed by atoms with Gasteiger partial charge >= 0.3 is 0 Å². The van der Waals surface area contributed by atoms with Gasteiger partial charge in [0.15, 0.2) is 0 Å². The quantitative estimate of drug-likeness (QED) is 0.833. The van der Waals surface area contributed by atoms with Crippen molar-refractivity contribution in [2.24, 2.45) is 5.92 Å². The molecule has 1 saturated carbocycles. The van der Waals surface area contributed by atoms with Crippen LogP contribution in [0.3, 0.4) is 0 Å². The van der Waals surface area contributed by atoms with Crippen LogP contribution >= 0.6 is 11.6 Å². The number of aromatic nitrogens is 2. The molecule has 19 heavy (non-hydrogen) atoms. The summed E-state index contributed by atoms with van der Waals surface area (Å²) in [7, 11) is 0. The zero-order chi connectivity index (χ0) is 13.8. The van der Waals surface area contributed by atoms with Crippen molar-refractivity contribution in [3.05, 3.63) is 17.0 Å². The Hall–Kier alpha value is -0.870. The molecule has 2 N–H and O–H groups in total. The van der Waals surface area contributed by atoms with Crippen LogP contribution in [0.4, 0.5) is 5.82 Å². The van der Waals surface area contributed by atoms with E-state index in [0.717, 1.165) is 37.1 Å². The molecule has 0 bridgehead atoms. The maximum atomic E-state index is 9.16. The highest BCUT2D eigenvalue weighted by molar-refractivity contribution is 6.30. The van der Waals surface area contributed by atoms with Crippen LogP contribution in [0.5, 0.6) is 0 Å². The molecular weight excluding hydrogens is 262 g/mol. The van der Waals surface area contributed by atoms with E-state index in [4.69, 9.17) is 16.7 Å². The summed E-state index contributed by atoms with van der Waals surface area (Å²) in [5.41, 5.74) is 0.994. The Labute approximate surface area is 119 Å². The Morgan fingerprint density at radius 2 is 2.00 bits per heavy atom. The standard InChI is InChI=1S/C14H22ClN3O/c1-9(2)12-13(15)16-8-17-14(12)18-11-5-3-10(7-19)4-6-11/h8-11,19H,3-7H2,1-2H3,(H,16,17,18). The first-order valence-electron chi connectivity index (χ1n) is 6.99. The molecule has 1 aromatic heterocycles. The van der Waals surface area contributed by atoms with Gasteiger partial charge < -0.3 is 10.4 Å². The minimum atomic E-state index is 0.296. The maximum absolute atomic E-state index is 9.16. The highest BCUT2D eigenvalue weighted by Gasteiger charge is 2.22. The van der Waals surface area contributed by atoms with E-state index in [2.05, 4.69) is 29.1 Å². The molecule has 0 unspecified atom stereocenters. The molecule has 0 aliphatic heterocycles. The van der Waals surface area contributed by atoms with E-state index in [1.807, 2.05) is 0 Å². The van der Waals surface area contributed by atoms with Gasteiger partial charge in [0.25, 0.3) is 0 Å². The van der Waals surface area contributed by atoms with Crippen LogP contribution in [0.1, 0.15) is 51.0 Å². The number of nitrogens with one attached hydrogen (secondary N) is 1. The second-order valence-electron chi connectivity index (χ2n) is 5.63. The second-order valence-corrected chi connectivity index (χ2v) is 5.98. The van der Waals surface area contributed by atoms with Crippen LogP contribution in [-0.4, -0.2) is 27.7 Å². The van der Waals surface area contributed by atoms with Gasteiger partial charge in [-0.15, -0.1) is 0 Å². The van der Waals surface area contributed by atoms with E-state index in [1.165, 1.54) is 6.33 Å². The summed E-state index contributed by atoms with van der Waals surface area (Å²) in [6.07, 6.45) is 5.80. The van der Waals surface area contributed by atoms with Crippen molar-refractivity contribution in [3.63, 3.8) is 0 Å². The molecule has 1 heterocycles. The molecule has 0 spiro atoms. The smallest absolute Gasteiger partial charge is 0.138 e. The van der Waals surface area contributed by atoms with Gasteiger partial charge in [-0.1, -0.05) is 25.4 Å². The summed E-state index contributed by atoms with van der Waals surface area (Å²) >= 11 is 6.16. The predicted octanol–water partition coefficient (Wildman–Crippen LogP) is 3.22. The monoisotopic (exact) mass is 283 g/mol. The van der Waals surface area contributed by atoms with Crippen molar-refractivity contribution in [2.45, 2.75) is 51.5 Å². The summed E-state index contributed by atoms with van der Waals surface area (Å²) in [5.74, 6) is 1.63. The molecule has 0 saturated heterocycles. The summed E-state index contributed by atoms with van der Waals surface area (Å²) in [6, 6.07) is 0.422. The topological polar surface area (TPSA) is 58.0 Å². The van der Waals surface area contributed by atoms with E-state index in [1.54, 1.807) is 0 Å². The van der Waals surface area contributed by atoms with Crippen molar-refractivity contribution >= 4 is 17.4 Å². The average Bonchev–Trinajstić information content (AvgIpc) is 2.39. The second kappa shape index (κ2) is 6.53. The number of halogens is 1. The van der Waals surface area contributed by atoms with Crippen LogP contribution in [0.15, 0.2) is 6.33 Å². The van der Waals surface area contributed by atoms with Crippen molar-refractivity contribution in [1.29, 1.82) is 0 Å². The van der Waals surface area contributed by atoms with Crippen molar-refractivity contribution in [2.75, 3.05) is 11.9 Å². The largest absolute Gasteiger partial charge is 0.396 e. The first-order valence-corrected chi connectivity index (χ1v) is 7.37. The molecule has 1 aromatic rings. The number of aliphatic hydroxyl groups excluding tert-OH is 1. The lowest BCUT2D eigenvalue weighted by Crippen LogP contribution is -2.28. The van der Waals surface area contributed by atoms with Crippen LogP contribution < -0.4 is 5.32 Å². The number of anilines is 1. The molecule has 1 aliphatic carbocycles. The molecule has 0 atom stereocenters. The van der Waals surface area contributed by atoms with Gasteiger partial charge in [-0.25, -0.2) is 9.97 Å². The van der Waals surface area contributed by atoms with Gasteiger partial charge in [0.05, 0.1) is 0 Å². The van der Waals surface area contributed by atoms with Gasteiger partial charge in [-0.2, -0.15) is 0 Å². The zero-order valence-corrected chi connectivity index (χ0v) is 12.3. The fourth-order valence-electron chi connectivity index (χ4n) is 2.68. The van der Waals surface area contributed by atoms with E-state index in [-0.39, 0.29) is 0 Å². The van der Waals surface area contributed by atoms with Gasteiger partial charge in [0, 0.05) is 18.2 Å². The Bertz CT molecular complexity index is 417. The van der Waals surface area contributed by atoms with Gasteiger partial charge in [0.2, 0.25) is 0 Å². The first kappa shape index (κ1) is 14.5. The third-order valence-electron chi connectivity index (χ3n) is 3.86. The third kappa shape index (κ3) is 3.57. The number of rotatable bonds is 4. The lowest BCUT2D eigenvalue weighted by atomic mass is 9.86. The number of hydrogen-bond acceptors (Lipinski definition) is 4. The highest BCUT2D eigenvalue weighted by atomic mass is 35.5. The molecule has 2 rings (SSSR count). The van der Waals surface area contributed by atoms with Crippen molar-refractivity contribution in [1.82, 2.24) is 9.97 Å². The summed E-state index contributed by atoms with van der Waals surface area (Å²) < 4.78 is 0. The van der Waals surface area contributed by atoms with Gasteiger partial charge in [-0.3, -0.25) is 0 Å². The van der Waals surface area contributed by atoms with Crippen molar-refractivity contribution < 1.29 is 5.11 Å². The normalized spacial score (nSPS) is 23.6. The Balaban J connectivity index is 2.06. The lowest BCUT2D eigenvalue weighted by Gasteiger charge is -2.29.